The lowest BCUT2D eigenvalue weighted by Gasteiger charge is -2.43. The third-order valence-corrected chi connectivity index (χ3v) is 5.91. The third-order valence-electron chi connectivity index (χ3n) is 5.91. The second-order valence-corrected chi connectivity index (χ2v) is 8.04. The number of ether oxygens (including phenoxy) is 3. The highest BCUT2D eigenvalue weighted by molar-refractivity contribution is 5.25. The zero-order valence-corrected chi connectivity index (χ0v) is 17.2. The summed E-state index contributed by atoms with van der Waals surface area (Å²) in [6.45, 7) is -1.04. The van der Waals surface area contributed by atoms with Crippen molar-refractivity contribution in [1.29, 1.82) is 5.26 Å². The summed E-state index contributed by atoms with van der Waals surface area (Å²) >= 11 is 0. The smallest absolute Gasteiger partial charge is 0.186 e. The quantitative estimate of drug-likeness (QED) is 0.227. The molecule has 11 nitrogen and oxygen atoms in total. The van der Waals surface area contributed by atoms with Gasteiger partial charge in [-0.2, -0.15) is 5.26 Å². The zero-order chi connectivity index (χ0) is 23.4. The Morgan fingerprint density at radius 3 is 2.03 bits per heavy atom. The molecule has 2 fully saturated rings. The first-order valence-corrected chi connectivity index (χ1v) is 10.3. The van der Waals surface area contributed by atoms with E-state index in [9.17, 15) is 41.0 Å². The van der Waals surface area contributed by atoms with E-state index >= 15 is 0 Å². The van der Waals surface area contributed by atoms with Crippen LogP contribution >= 0.6 is 0 Å². The molecule has 0 spiro atoms. The molecule has 1 aromatic rings. The number of aliphatic hydroxyl groups excluding tert-OH is 7. The fraction of sp³-hybridized carbons (Fsp3) is 0.667. The van der Waals surface area contributed by atoms with E-state index in [0.29, 0.717) is 5.56 Å². The number of nitriles is 1. The predicted molar refractivity (Wildman–Crippen MR) is 106 cm³/mol. The highest BCUT2D eigenvalue weighted by Gasteiger charge is 2.47. The molecule has 1 aromatic carbocycles. The molecule has 11 atom stereocenters. The van der Waals surface area contributed by atoms with Gasteiger partial charge >= 0.3 is 0 Å². The van der Waals surface area contributed by atoms with Crippen LogP contribution in [0.1, 0.15) is 17.9 Å². The normalized spacial score (nSPS) is 41.1. The van der Waals surface area contributed by atoms with Crippen LogP contribution in [-0.4, -0.2) is 110 Å². The minimum absolute atomic E-state index is 0.0437. The Kier molecular flexibility index (Phi) is 8.54. The maximum Gasteiger partial charge on any atom is 0.186 e. The van der Waals surface area contributed by atoms with Gasteiger partial charge in [0.1, 0.15) is 48.8 Å². The third kappa shape index (κ3) is 5.27. The van der Waals surface area contributed by atoms with Crippen LogP contribution in [0, 0.1) is 11.3 Å². The fourth-order valence-electron chi connectivity index (χ4n) is 3.94. The van der Waals surface area contributed by atoms with Gasteiger partial charge in [-0.05, 0) is 12.0 Å². The summed E-state index contributed by atoms with van der Waals surface area (Å²) in [5.74, 6) is -0.634. The zero-order valence-electron chi connectivity index (χ0n) is 17.2. The van der Waals surface area contributed by atoms with E-state index in [1.807, 2.05) is 0 Å². The largest absolute Gasteiger partial charge is 0.394 e. The second-order valence-electron chi connectivity index (χ2n) is 8.04. The molecule has 0 radical (unpaired) electrons. The molecule has 0 amide bonds. The van der Waals surface area contributed by atoms with E-state index in [4.69, 9.17) is 14.2 Å². The van der Waals surface area contributed by atoms with Gasteiger partial charge < -0.3 is 50.0 Å². The van der Waals surface area contributed by atoms with Gasteiger partial charge in [-0.25, -0.2) is 0 Å². The molecule has 2 aliphatic heterocycles. The summed E-state index contributed by atoms with van der Waals surface area (Å²) in [7, 11) is 0. The molecule has 11 heteroatoms. The number of hydrogen-bond donors (Lipinski definition) is 7. The highest BCUT2D eigenvalue weighted by Crippen LogP contribution is 2.30. The lowest BCUT2D eigenvalue weighted by Crippen LogP contribution is -2.61. The Morgan fingerprint density at radius 1 is 0.812 bits per heavy atom. The van der Waals surface area contributed by atoms with Crippen molar-refractivity contribution in [2.45, 2.75) is 73.6 Å². The van der Waals surface area contributed by atoms with Crippen LogP contribution in [0.15, 0.2) is 30.3 Å². The van der Waals surface area contributed by atoms with Crippen molar-refractivity contribution < 1.29 is 50.0 Å². The molecule has 32 heavy (non-hydrogen) atoms. The highest BCUT2D eigenvalue weighted by atomic mass is 16.7. The van der Waals surface area contributed by atoms with Gasteiger partial charge in [-0.15, -0.1) is 0 Å². The number of aliphatic hydroxyl groups is 7. The van der Waals surface area contributed by atoms with Gasteiger partial charge in [0.15, 0.2) is 6.29 Å². The van der Waals surface area contributed by atoms with Crippen molar-refractivity contribution in [3.8, 4) is 6.07 Å². The number of benzene rings is 1. The van der Waals surface area contributed by atoms with Crippen LogP contribution in [-0.2, 0) is 14.2 Å². The van der Waals surface area contributed by atoms with Gasteiger partial charge in [-0.1, -0.05) is 30.3 Å². The molecule has 0 bridgehead atoms. The molecule has 3 rings (SSSR count). The molecular formula is C21H29NO10. The Bertz CT molecular complexity index is 759. The maximum absolute atomic E-state index is 10.4. The number of rotatable bonds is 7. The second kappa shape index (κ2) is 11.0. The SMILES string of the molecule is N#C[C@@H](C[C@H]1O[C@@H](CO[C@H]2O[C@@H](CO)[C@@H](O)[C@@H](O)[C@H]2O)[C@@H](O)[C@@H](O)[C@@H]1O)c1ccccc1. The van der Waals surface area contributed by atoms with Crippen molar-refractivity contribution in [3.05, 3.63) is 35.9 Å². The number of hydrogen-bond acceptors (Lipinski definition) is 11. The van der Waals surface area contributed by atoms with E-state index in [0.717, 1.165) is 0 Å². The Balaban J connectivity index is 1.65. The Hall–Kier alpha value is -1.69. The van der Waals surface area contributed by atoms with Crippen molar-refractivity contribution in [2.75, 3.05) is 13.2 Å². The lowest BCUT2D eigenvalue weighted by molar-refractivity contribution is -0.314. The van der Waals surface area contributed by atoms with Gasteiger partial charge in [0, 0.05) is 0 Å². The minimum atomic E-state index is -1.64. The van der Waals surface area contributed by atoms with Crippen molar-refractivity contribution >= 4 is 0 Å². The molecule has 2 heterocycles. The van der Waals surface area contributed by atoms with Crippen molar-refractivity contribution in [1.82, 2.24) is 0 Å². The van der Waals surface area contributed by atoms with Crippen LogP contribution in [0.25, 0.3) is 0 Å². The monoisotopic (exact) mass is 455 g/mol. The van der Waals surface area contributed by atoms with Crippen molar-refractivity contribution in [3.63, 3.8) is 0 Å². The van der Waals surface area contributed by atoms with E-state index in [-0.39, 0.29) is 6.42 Å². The standard InChI is InChI=1S/C21H29NO10/c22-7-11(10-4-2-1-3-5-10)6-12-15(24)18(27)17(26)14(31-12)9-30-21-20(29)19(28)16(25)13(8-23)32-21/h1-5,11-21,23-29H,6,8-9H2/t11-,12-,13+,14+,15-,16-,17-,18+,19-,20-,21+/m1/s1. The average Bonchev–Trinajstić information content (AvgIpc) is 2.81. The summed E-state index contributed by atoms with van der Waals surface area (Å²) in [5, 5.41) is 79.5. The van der Waals surface area contributed by atoms with Gasteiger partial charge in [-0.3, -0.25) is 0 Å². The summed E-state index contributed by atoms with van der Waals surface area (Å²) in [6.07, 6.45) is -14.1. The predicted octanol–water partition coefficient (Wildman–Crippen LogP) is -2.65. The van der Waals surface area contributed by atoms with Crippen LogP contribution in [0.4, 0.5) is 0 Å². The van der Waals surface area contributed by atoms with E-state index < -0.39 is 80.4 Å². The molecule has 7 N–H and O–H groups in total. The number of nitrogens with zero attached hydrogens (tertiary/aromatic N) is 1. The summed E-state index contributed by atoms with van der Waals surface area (Å²) in [4.78, 5) is 0. The van der Waals surface area contributed by atoms with Crippen LogP contribution in [0.3, 0.4) is 0 Å². The minimum Gasteiger partial charge on any atom is -0.394 e. The van der Waals surface area contributed by atoms with Gasteiger partial charge in [0.05, 0.1) is 31.3 Å². The first kappa shape index (κ1) is 24.9. The fourth-order valence-corrected chi connectivity index (χ4v) is 3.94. The molecule has 178 valence electrons. The molecule has 0 aromatic heterocycles. The average molecular weight is 455 g/mol. The van der Waals surface area contributed by atoms with Crippen LogP contribution < -0.4 is 0 Å². The Labute approximate surface area is 184 Å². The first-order chi connectivity index (χ1) is 15.3. The van der Waals surface area contributed by atoms with Gasteiger partial charge in [0.25, 0.3) is 0 Å². The molecule has 0 unspecified atom stereocenters. The van der Waals surface area contributed by atoms with Crippen LogP contribution in [0.5, 0.6) is 0 Å². The maximum atomic E-state index is 10.4. The first-order valence-electron chi connectivity index (χ1n) is 10.3. The van der Waals surface area contributed by atoms with E-state index in [1.165, 1.54) is 0 Å². The van der Waals surface area contributed by atoms with E-state index in [1.54, 1.807) is 30.3 Å². The molecule has 0 saturated carbocycles. The molecule has 2 aliphatic rings. The lowest BCUT2D eigenvalue weighted by atomic mass is 9.87. The Morgan fingerprint density at radius 2 is 1.41 bits per heavy atom. The summed E-state index contributed by atoms with van der Waals surface area (Å²) < 4.78 is 16.4. The topological polar surface area (TPSA) is 193 Å². The molecule has 0 aliphatic carbocycles. The van der Waals surface area contributed by atoms with Crippen LogP contribution in [0.2, 0.25) is 0 Å². The molecule has 2 saturated heterocycles. The van der Waals surface area contributed by atoms with Crippen molar-refractivity contribution in [2.24, 2.45) is 0 Å². The van der Waals surface area contributed by atoms with Gasteiger partial charge in [0.2, 0.25) is 0 Å². The molecular weight excluding hydrogens is 426 g/mol. The summed E-state index contributed by atoms with van der Waals surface area (Å²) in [6, 6.07) is 11.0. The summed E-state index contributed by atoms with van der Waals surface area (Å²) in [5.41, 5.74) is 0.709. The van der Waals surface area contributed by atoms with E-state index in [2.05, 4.69) is 6.07 Å².